The van der Waals surface area contributed by atoms with Crippen molar-refractivity contribution in [3.8, 4) is 0 Å². The predicted octanol–water partition coefficient (Wildman–Crippen LogP) is 2.89. The van der Waals surface area contributed by atoms with E-state index >= 15 is 0 Å². The maximum absolute atomic E-state index is 12.1. The SMILES string of the molecule is CCCC(OC)S(=O)(=O)c1ccc(Cl)cc1. The third-order valence-electron chi connectivity index (χ3n) is 2.28. The van der Waals surface area contributed by atoms with Crippen molar-refractivity contribution in [3.63, 3.8) is 0 Å². The molecule has 0 radical (unpaired) electrons. The summed E-state index contributed by atoms with van der Waals surface area (Å²) in [5.74, 6) is 0. The van der Waals surface area contributed by atoms with E-state index in [1.54, 1.807) is 12.1 Å². The number of halogens is 1. The van der Waals surface area contributed by atoms with Gasteiger partial charge in [0, 0.05) is 12.1 Å². The molecule has 1 aromatic carbocycles. The van der Waals surface area contributed by atoms with Crippen molar-refractivity contribution in [1.82, 2.24) is 0 Å². The van der Waals surface area contributed by atoms with Crippen molar-refractivity contribution < 1.29 is 13.2 Å². The lowest BCUT2D eigenvalue weighted by Crippen LogP contribution is -2.23. The lowest BCUT2D eigenvalue weighted by atomic mass is 10.3. The fourth-order valence-electron chi connectivity index (χ4n) is 1.41. The first-order valence-electron chi connectivity index (χ1n) is 5.04. The monoisotopic (exact) mass is 262 g/mol. The molecule has 0 saturated carbocycles. The minimum absolute atomic E-state index is 0.247. The molecule has 0 fully saturated rings. The number of benzene rings is 1. The average molecular weight is 263 g/mol. The Hall–Kier alpha value is -0.580. The number of sulfone groups is 1. The van der Waals surface area contributed by atoms with Crippen LogP contribution in [0.2, 0.25) is 5.02 Å². The Morgan fingerprint density at radius 1 is 1.31 bits per heavy atom. The molecule has 0 heterocycles. The van der Waals surface area contributed by atoms with E-state index in [0.29, 0.717) is 11.4 Å². The molecule has 16 heavy (non-hydrogen) atoms. The van der Waals surface area contributed by atoms with E-state index in [-0.39, 0.29) is 4.90 Å². The van der Waals surface area contributed by atoms with Crippen molar-refractivity contribution >= 4 is 21.4 Å². The summed E-state index contributed by atoms with van der Waals surface area (Å²) in [7, 11) is -2.00. The van der Waals surface area contributed by atoms with Crippen molar-refractivity contribution in [2.45, 2.75) is 30.1 Å². The molecule has 0 aliphatic carbocycles. The normalized spacial score (nSPS) is 13.7. The zero-order valence-corrected chi connectivity index (χ0v) is 10.9. The first-order chi connectivity index (χ1) is 7.52. The van der Waals surface area contributed by atoms with Crippen molar-refractivity contribution in [2.75, 3.05) is 7.11 Å². The largest absolute Gasteiger partial charge is 0.365 e. The smallest absolute Gasteiger partial charge is 0.205 e. The van der Waals surface area contributed by atoms with Gasteiger partial charge in [-0.1, -0.05) is 24.9 Å². The zero-order chi connectivity index (χ0) is 12.2. The predicted molar refractivity (Wildman–Crippen MR) is 64.3 cm³/mol. The Labute approximate surface area is 101 Å². The maximum Gasteiger partial charge on any atom is 0.205 e. The molecule has 1 aromatic rings. The van der Waals surface area contributed by atoms with Gasteiger partial charge in [-0.3, -0.25) is 0 Å². The summed E-state index contributed by atoms with van der Waals surface area (Å²) in [5, 5.41) is 0.517. The van der Waals surface area contributed by atoms with Crippen LogP contribution in [0.25, 0.3) is 0 Å². The molecule has 1 atom stereocenters. The van der Waals surface area contributed by atoms with Crippen LogP contribution in [-0.2, 0) is 14.6 Å². The molecule has 0 spiro atoms. The highest BCUT2D eigenvalue weighted by Gasteiger charge is 2.26. The van der Waals surface area contributed by atoms with Gasteiger partial charge in [0.25, 0.3) is 0 Å². The summed E-state index contributed by atoms with van der Waals surface area (Å²) in [6, 6.07) is 6.12. The van der Waals surface area contributed by atoms with Crippen LogP contribution < -0.4 is 0 Å². The van der Waals surface area contributed by atoms with Crippen molar-refractivity contribution in [3.05, 3.63) is 29.3 Å². The third-order valence-corrected chi connectivity index (χ3v) is 4.58. The second-order valence-electron chi connectivity index (χ2n) is 3.45. The van der Waals surface area contributed by atoms with Gasteiger partial charge >= 0.3 is 0 Å². The Morgan fingerprint density at radius 3 is 2.31 bits per heavy atom. The average Bonchev–Trinajstić information content (AvgIpc) is 2.26. The van der Waals surface area contributed by atoms with E-state index in [9.17, 15) is 8.42 Å². The number of methoxy groups -OCH3 is 1. The van der Waals surface area contributed by atoms with E-state index < -0.39 is 15.3 Å². The Morgan fingerprint density at radius 2 is 1.88 bits per heavy atom. The molecule has 0 bridgehead atoms. The number of ether oxygens (including phenoxy) is 1. The van der Waals surface area contributed by atoms with Gasteiger partial charge in [0.05, 0.1) is 4.90 Å². The van der Waals surface area contributed by atoms with Gasteiger partial charge in [-0.25, -0.2) is 8.42 Å². The van der Waals surface area contributed by atoms with Crippen LogP contribution in [0.15, 0.2) is 29.2 Å². The minimum Gasteiger partial charge on any atom is -0.365 e. The molecular formula is C11H15ClO3S. The van der Waals surface area contributed by atoms with E-state index in [4.69, 9.17) is 16.3 Å². The molecule has 0 aliphatic rings. The van der Waals surface area contributed by atoms with E-state index in [2.05, 4.69) is 0 Å². The Kier molecular flexibility index (Phi) is 4.77. The first-order valence-corrected chi connectivity index (χ1v) is 6.97. The van der Waals surface area contributed by atoms with Crippen LogP contribution in [0.4, 0.5) is 0 Å². The summed E-state index contributed by atoms with van der Waals surface area (Å²) >= 11 is 5.71. The minimum atomic E-state index is -3.41. The molecule has 0 aliphatic heterocycles. The van der Waals surface area contributed by atoms with Crippen LogP contribution in [0.1, 0.15) is 19.8 Å². The van der Waals surface area contributed by atoms with E-state index in [1.807, 2.05) is 6.92 Å². The zero-order valence-electron chi connectivity index (χ0n) is 9.31. The van der Waals surface area contributed by atoms with Crippen molar-refractivity contribution in [1.29, 1.82) is 0 Å². The molecule has 0 N–H and O–H groups in total. The van der Waals surface area contributed by atoms with Crippen LogP contribution >= 0.6 is 11.6 Å². The van der Waals surface area contributed by atoms with Gasteiger partial charge in [-0.15, -0.1) is 0 Å². The lowest BCUT2D eigenvalue weighted by Gasteiger charge is -2.15. The highest BCUT2D eigenvalue weighted by molar-refractivity contribution is 7.91. The van der Waals surface area contributed by atoms with Gasteiger partial charge in [-0.2, -0.15) is 0 Å². The van der Waals surface area contributed by atoms with Crippen LogP contribution in [-0.4, -0.2) is 21.0 Å². The van der Waals surface area contributed by atoms with E-state index in [0.717, 1.165) is 6.42 Å². The molecule has 0 aromatic heterocycles. The Bertz CT molecular complexity index is 425. The molecule has 0 saturated heterocycles. The molecule has 3 nitrogen and oxygen atoms in total. The standard InChI is InChI=1S/C11H15ClO3S/c1-3-4-11(15-2)16(13,14)10-7-5-9(12)6-8-10/h5-8,11H,3-4H2,1-2H3. The topological polar surface area (TPSA) is 43.4 Å². The van der Waals surface area contributed by atoms with Crippen LogP contribution in [0.5, 0.6) is 0 Å². The summed E-state index contributed by atoms with van der Waals surface area (Å²) in [5.41, 5.74) is -0.779. The quantitative estimate of drug-likeness (QED) is 0.820. The summed E-state index contributed by atoms with van der Waals surface area (Å²) < 4.78 is 29.2. The molecule has 90 valence electrons. The van der Waals surface area contributed by atoms with Crippen LogP contribution in [0, 0.1) is 0 Å². The highest BCUT2D eigenvalue weighted by atomic mass is 35.5. The highest BCUT2D eigenvalue weighted by Crippen LogP contribution is 2.21. The molecule has 5 heteroatoms. The third kappa shape index (κ3) is 2.97. The summed E-state index contributed by atoms with van der Waals surface area (Å²) in [6.07, 6.45) is 1.24. The molecule has 0 amide bonds. The summed E-state index contributed by atoms with van der Waals surface area (Å²) in [4.78, 5) is 0.247. The van der Waals surface area contributed by atoms with Crippen molar-refractivity contribution in [2.24, 2.45) is 0 Å². The Balaban J connectivity index is 3.04. The lowest BCUT2D eigenvalue weighted by molar-refractivity contribution is 0.155. The van der Waals surface area contributed by atoms with E-state index in [1.165, 1.54) is 19.2 Å². The second kappa shape index (κ2) is 5.66. The summed E-state index contributed by atoms with van der Waals surface area (Å²) in [6.45, 7) is 1.92. The fourth-order valence-corrected chi connectivity index (χ4v) is 3.16. The van der Waals surface area contributed by atoms with Gasteiger partial charge in [0.2, 0.25) is 9.84 Å². The van der Waals surface area contributed by atoms with Crippen LogP contribution in [0.3, 0.4) is 0 Å². The van der Waals surface area contributed by atoms with Gasteiger partial charge < -0.3 is 4.74 Å². The molecule has 1 unspecified atom stereocenters. The number of hydrogen-bond acceptors (Lipinski definition) is 3. The van der Waals surface area contributed by atoms with Gasteiger partial charge in [0.15, 0.2) is 5.44 Å². The van der Waals surface area contributed by atoms with Gasteiger partial charge in [-0.05, 0) is 30.7 Å². The number of hydrogen-bond donors (Lipinski definition) is 0. The maximum atomic E-state index is 12.1. The number of rotatable bonds is 5. The molecule has 1 rings (SSSR count). The fraction of sp³-hybridized carbons (Fsp3) is 0.455. The second-order valence-corrected chi connectivity index (χ2v) is 5.98. The van der Waals surface area contributed by atoms with Gasteiger partial charge in [0.1, 0.15) is 0 Å². The molecular weight excluding hydrogens is 248 g/mol. The first kappa shape index (κ1) is 13.5.